The molecule has 2 atom stereocenters. The Morgan fingerprint density at radius 2 is 1.88 bits per heavy atom. The number of carbonyl (C=O) groups excluding carboxylic acids is 1. The lowest BCUT2D eigenvalue weighted by molar-refractivity contribution is -0.162. The van der Waals surface area contributed by atoms with Crippen LogP contribution in [0.25, 0.3) is 0 Å². The number of cyclic esters (lactones) is 1. The summed E-state index contributed by atoms with van der Waals surface area (Å²) in [5, 5.41) is 10.6. The fraction of sp³-hybridized carbons (Fsp3) is 0.500. The molecular weight excluding hydrogens is 431 g/mol. The second kappa shape index (κ2) is 10.7. The van der Waals surface area contributed by atoms with Gasteiger partial charge in [0, 0.05) is 11.4 Å². The Morgan fingerprint density at radius 3 is 2.59 bits per heavy atom. The van der Waals surface area contributed by atoms with Crippen molar-refractivity contribution >= 4 is 17.6 Å². The van der Waals surface area contributed by atoms with Crippen molar-refractivity contribution in [3.63, 3.8) is 0 Å². The molecule has 1 heterocycles. The normalized spacial score (nSPS) is 21.5. The Morgan fingerprint density at radius 1 is 1.12 bits per heavy atom. The molecule has 0 unspecified atom stereocenters. The molecule has 2 aromatic carbocycles. The molecule has 1 saturated carbocycles. The third-order valence-electron chi connectivity index (χ3n) is 6.43. The molecule has 0 aromatic heterocycles. The maximum Gasteiger partial charge on any atom is 0.308 e. The van der Waals surface area contributed by atoms with Crippen molar-refractivity contribution in [3.8, 4) is 5.75 Å². The molecule has 172 valence electrons. The number of halogens is 2. The third-order valence-corrected chi connectivity index (χ3v) is 6.65. The molecule has 0 amide bonds. The summed E-state index contributed by atoms with van der Waals surface area (Å²) in [5.41, 5.74) is 3.27. The molecule has 0 bridgehead atoms. The number of rotatable bonds is 8. The number of ether oxygens (including phenoxy) is 2. The van der Waals surface area contributed by atoms with Crippen molar-refractivity contribution < 1.29 is 23.8 Å². The molecule has 2 aromatic rings. The van der Waals surface area contributed by atoms with E-state index in [1.165, 1.54) is 25.0 Å². The summed E-state index contributed by atoms with van der Waals surface area (Å²) in [4.78, 5) is 11.7. The van der Waals surface area contributed by atoms with Gasteiger partial charge >= 0.3 is 5.97 Å². The van der Waals surface area contributed by atoms with Crippen LogP contribution in [0.3, 0.4) is 0 Å². The summed E-state index contributed by atoms with van der Waals surface area (Å²) in [6.07, 6.45) is 6.40. The van der Waals surface area contributed by atoms with E-state index in [0.29, 0.717) is 17.4 Å². The van der Waals surface area contributed by atoms with Crippen LogP contribution in [0.4, 0.5) is 4.39 Å². The largest absolute Gasteiger partial charge is 0.489 e. The van der Waals surface area contributed by atoms with Crippen LogP contribution in [0.2, 0.25) is 5.02 Å². The number of hydrogen-bond donors (Lipinski definition) is 1. The van der Waals surface area contributed by atoms with Gasteiger partial charge in [-0.1, -0.05) is 36.6 Å². The first-order valence-corrected chi connectivity index (χ1v) is 11.9. The first-order chi connectivity index (χ1) is 15.5. The molecular formula is C26H30ClFO4. The van der Waals surface area contributed by atoms with Crippen molar-refractivity contribution in [1.29, 1.82) is 0 Å². The minimum Gasteiger partial charge on any atom is -0.489 e. The fourth-order valence-electron chi connectivity index (χ4n) is 4.85. The van der Waals surface area contributed by atoms with Gasteiger partial charge in [-0.3, -0.25) is 4.79 Å². The zero-order valence-corrected chi connectivity index (χ0v) is 19.0. The number of aliphatic hydroxyl groups excluding tert-OH is 1. The number of hydrogen-bond acceptors (Lipinski definition) is 4. The van der Waals surface area contributed by atoms with Crippen LogP contribution in [-0.4, -0.2) is 29.9 Å². The van der Waals surface area contributed by atoms with E-state index in [1.807, 2.05) is 24.3 Å². The zero-order valence-electron chi connectivity index (χ0n) is 18.2. The maximum absolute atomic E-state index is 13.2. The first kappa shape index (κ1) is 23.1. The minimum atomic E-state index is -0.681. The number of aryl methyl sites for hydroxylation is 2. The summed E-state index contributed by atoms with van der Waals surface area (Å²) in [6, 6.07) is 10.6. The molecule has 0 radical (unpaired) electrons. The van der Waals surface area contributed by atoms with Gasteiger partial charge in [-0.15, -0.1) is 0 Å². The molecule has 1 aliphatic carbocycles. The lowest BCUT2D eigenvalue weighted by Gasteiger charge is -2.27. The Hall–Kier alpha value is -2.11. The SMILES string of the molecule is O=C1C[C@H](O)C[C@@H](COc2c(CCCc3ccc(F)cc3)cc(Cl)cc2C2CCCC2)O1. The van der Waals surface area contributed by atoms with Crippen LogP contribution in [0.1, 0.15) is 67.6 Å². The molecule has 4 nitrogen and oxygen atoms in total. The van der Waals surface area contributed by atoms with Crippen molar-refractivity contribution in [2.75, 3.05) is 6.61 Å². The number of esters is 1. The van der Waals surface area contributed by atoms with Gasteiger partial charge < -0.3 is 14.6 Å². The minimum absolute atomic E-state index is 0.0411. The second-order valence-electron chi connectivity index (χ2n) is 8.96. The highest BCUT2D eigenvalue weighted by Crippen LogP contribution is 2.42. The van der Waals surface area contributed by atoms with Gasteiger partial charge in [0.1, 0.15) is 24.3 Å². The fourth-order valence-corrected chi connectivity index (χ4v) is 5.10. The molecule has 2 aliphatic rings. The molecule has 32 heavy (non-hydrogen) atoms. The van der Waals surface area contributed by atoms with Crippen LogP contribution in [0, 0.1) is 5.82 Å². The molecule has 1 aliphatic heterocycles. The zero-order chi connectivity index (χ0) is 22.5. The van der Waals surface area contributed by atoms with Gasteiger partial charge in [0.25, 0.3) is 0 Å². The van der Waals surface area contributed by atoms with Gasteiger partial charge in [-0.05, 0) is 79.0 Å². The van der Waals surface area contributed by atoms with E-state index >= 15 is 0 Å². The van der Waals surface area contributed by atoms with Gasteiger partial charge in [-0.2, -0.15) is 0 Å². The quantitative estimate of drug-likeness (QED) is 0.509. The Labute approximate surface area is 193 Å². The number of carbonyl (C=O) groups is 1. The summed E-state index contributed by atoms with van der Waals surface area (Å²) in [6.45, 7) is 0.217. The number of aliphatic hydroxyl groups is 1. The van der Waals surface area contributed by atoms with Crippen LogP contribution in [0.5, 0.6) is 5.75 Å². The van der Waals surface area contributed by atoms with Gasteiger partial charge in [-0.25, -0.2) is 4.39 Å². The van der Waals surface area contributed by atoms with Crippen molar-refractivity contribution in [2.45, 2.75) is 75.9 Å². The topological polar surface area (TPSA) is 55.8 Å². The summed E-state index contributed by atoms with van der Waals surface area (Å²) < 4.78 is 24.8. The molecule has 2 fully saturated rings. The smallest absolute Gasteiger partial charge is 0.308 e. The molecule has 1 N–H and O–H groups in total. The Bertz CT molecular complexity index is 924. The summed E-state index contributed by atoms with van der Waals surface area (Å²) >= 11 is 6.50. The average molecular weight is 461 g/mol. The maximum atomic E-state index is 13.2. The van der Waals surface area contributed by atoms with Crippen molar-refractivity contribution in [3.05, 3.63) is 63.9 Å². The predicted molar refractivity (Wildman–Crippen MR) is 122 cm³/mol. The monoisotopic (exact) mass is 460 g/mol. The second-order valence-corrected chi connectivity index (χ2v) is 9.40. The molecule has 6 heteroatoms. The third kappa shape index (κ3) is 6.02. The molecule has 4 rings (SSSR count). The summed E-state index contributed by atoms with van der Waals surface area (Å²) in [7, 11) is 0. The highest BCUT2D eigenvalue weighted by molar-refractivity contribution is 6.30. The van der Waals surface area contributed by atoms with E-state index in [4.69, 9.17) is 21.1 Å². The van der Waals surface area contributed by atoms with Crippen LogP contribution in [0.15, 0.2) is 36.4 Å². The van der Waals surface area contributed by atoms with E-state index in [1.54, 1.807) is 0 Å². The van der Waals surface area contributed by atoms with Gasteiger partial charge in [0.2, 0.25) is 0 Å². The Kier molecular flexibility index (Phi) is 7.69. The predicted octanol–water partition coefficient (Wildman–Crippen LogP) is 5.76. The van der Waals surface area contributed by atoms with Crippen molar-refractivity contribution in [1.82, 2.24) is 0 Å². The highest BCUT2D eigenvalue weighted by Gasteiger charge is 2.29. The van der Waals surface area contributed by atoms with E-state index in [0.717, 1.165) is 54.5 Å². The van der Waals surface area contributed by atoms with Crippen LogP contribution in [-0.2, 0) is 22.4 Å². The van der Waals surface area contributed by atoms with E-state index in [2.05, 4.69) is 0 Å². The van der Waals surface area contributed by atoms with E-state index in [-0.39, 0.29) is 24.8 Å². The van der Waals surface area contributed by atoms with Crippen molar-refractivity contribution in [2.24, 2.45) is 0 Å². The van der Waals surface area contributed by atoms with E-state index < -0.39 is 12.2 Å². The van der Waals surface area contributed by atoms with Crippen LogP contribution < -0.4 is 4.74 Å². The average Bonchev–Trinajstić information content (AvgIpc) is 3.28. The van der Waals surface area contributed by atoms with E-state index in [9.17, 15) is 14.3 Å². The van der Waals surface area contributed by atoms with Crippen LogP contribution >= 0.6 is 11.6 Å². The highest BCUT2D eigenvalue weighted by atomic mass is 35.5. The Balaban J connectivity index is 1.51. The number of benzene rings is 2. The molecule has 0 spiro atoms. The van der Waals surface area contributed by atoms with Gasteiger partial charge in [0.15, 0.2) is 0 Å². The molecule has 1 saturated heterocycles. The lowest BCUT2D eigenvalue weighted by atomic mass is 9.92. The standard InChI is InChI=1S/C26H30ClFO4/c27-20-12-19(7-3-4-17-8-10-21(28)11-9-17)26(24(13-20)18-5-1-2-6-18)31-16-23-14-22(29)15-25(30)32-23/h8-13,18,22-23,29H,1-7,14-16H2/t22-,23+/m1/s1. The summed E-state index contributed by atoms with van der Waals surface area (Å²) in [5.74, 6) is 0.647. The first-order valence-electron chi connectivity index (χ1n) is 11.5. The lowest BCUT2D eigenvalue weighted by Crippen LogP contribution is -2.36. The van der Waals surface area contributed by atoms with Gasteiger partial charge in [0.05, 0.1) is 12.5 Å².